The number of sulfonamides is 1. The monoisotopic (exact) mass is 521 g/mol. The van der Waals surface area contributed by atoms with Crippen LogP contribution in [-0.4, -0.2) is 51.1 Å². The Morgan fingerprint density at radius 2 is 1.67 bits per heavy atom. The van der Waals surface area contributed by atoms with Crippen LogP contribution in [0.25, 0.3) is 0 Å². The van der Waals surface area contributed by atoms with Crippen molar-refractivity contribution in [2.75, 3.05) is 12.8 Å². The third-order valence-electron chi connectivity index (χ3n) is 5.94. The smallest absolute Gasteiger partial charge is 0.318 e. The Balaban J connectivity index is 2.10. The van der Waals surface area contributed by atoms with Gasteiger partial charge in [-0.15, -0.1) is 0 Å². The number of carbonyl (C=O) groups is 1. The van der Waals surface area contributed by atoms with Crippen molar-refractivity contribution in [2.24, 2.45) is 0 Å². The Morgan fingerprint density at radius 3 is 2.18 bits per heavy atom. The van der Waals surface area contributed by atoms with Crippen LogP contribution in [0.3, 0.4) is 0 Å². The molecule has 2 aromatic carbocycles. The fraction of sp³-hybridized carbons (Fsp3) is 0.381. The average molecular weight is 522 g/mol. The van der Waals surface area contributed by atoms with E-state index in [0.29, 0.717) is 5.02 Å². The molecular formula is C21H22ClF2NO6S2. The highest BCUT2D eigenvalue weighted by Crippen LogP contribution is 2.49. The molecular weight excluding hydrogens is 500 g/mol. The Kier molecular flexibility index (Phi) is 7.18. The maximum absolute atomic E-state index is 14.9. The molecule has 180 valence electrons. The number of carboxylic acids is 1. The molecule has 0 radical (unpaired) electrons. The molecule has 0 aromatic heterocycles. The van der Waals surface area contributed by atoms with E-state index in [9.17, 15) is 30.4 Å². The predicted octanol–water partition coefficient (Wildman–Crippen LogP) is 3.58. The lowest BCUT2D eigenvalue weighted by molar-refractivity contribution is -0.137. The molecule has 0 spiro atoms. The lowest BCUT2D eigenvalue weighted by Crippen LogP contribution is -2.49. The topological polar surface area (TPSA) is 109 Å². The van der Waals surface area contributed by atoms with E-state index in [-0.39, 0.29) is 36.1 Å². The quantitative estimate of drug-likeness (QED) is 0.596. The zero-order valence-electron chi connectivity index (χ0n) is 17.5. The number of carboxylic acid groups (broad SMARTS) is 1. The molecule has 0 heterocycles. The van der Waals surface area contributed by atoms with Gasteiger partial charge in [0.05, 0.1) is 11.2 Å². The number of benzene rings is 2. The zero-order valence-corrected chi connectivity index (χ0v) is 19.9. The first-order valence-electron chi connectivity index (χ1n) is 9.92. The van der Waals surface area contributed by atoms with Gasteiger partial charge >= 0.3 is 5.97 Å². The number of rotatable bonds is 7. The normalized spacial score (nSPS) is 21.8. The molecule has 12 heteroatoms. The van der Waals surface area contributed by atoms with Gasteiger partial charge in [-0.25, -0.2) is 25.6 Å². The second kappa shape index (κ2) is 9.28. The van der Waals surface area contributed by atoms with Gasteiger partial charge < -0.3 is 5.11 Å². The summed E-state index contributed by atoms with van der Waals surface area (Å²) in [5, 5.41) is 9.41. The van der Waals surface area contributed by atoms with Crippen LogP contribution in [0.15, 0.2) is 47.4 Å². The van der Waals surface area contributed by atoms with Crippen molar-refractivity contribution in [3.8, 4) is 0 Å². The number of nitrogens with zero attached hydrogens (tertiary/aromatic N) is 1. The van der Waals surface area contributed by atoms with Gasteiger partial charge in [0, 0.05) is 16.6 Å². The highest BCUT2D eigenvalue weighted by molar-refractivity contribution is 7.92. The van der Waals surface area contributed by atoms with Gasteiger partial charge in [-0.3, -0.25) is 4.79 Å². The van der Waals surface area contributed by atoms with Crippen molar-refractivity contribution in [3.05, 3.63) is 64.7 Å². The van der Waals surface area contributed by atoms with Crippen LogP contribution >= 0.6 is 11.6 Å². The summed E-state index contributed by atoms with van der Waals surface area (Å²) in [5.41, 5.74) is -0.347. The highest BCUT2D eigenvalue weighted by Gasteiger charge is 2.51. The second-order valence-electron chi connectivity index (χ2n) is 8.01. The average Bonchev–Trinajstić information content (AvgIpc) is 2.73. The molecule has 1 aliphatic rings. The standard InChI is InChI=1S/C21H22ClF2NO6S2/c1-32(28,29)25(13-20(26)27)16-8-10-21(11-9-16,18-12-15(23)4-7-19(18)24)33(30,31)17-5-2-14(22)3-6-17/h2-7,12,16H,8-11,13H2,1H3,(H,26,27). The maximum Gasteiger partial charge on any atom is 0.318 e. The molecule has 1 N–H and O–H groups in total. The molecule has 1 aliphatic carbocycles. The molecule has 0 amide bonds. The van der Waals surface area contributed by atoms with Gasteiger partial charge in [0.15, 0.2) is 9.84 Å². The first-order chi connectivity index (χ1) is 15.3. The number of hydrogen-bond donors (Lipinski definition) is 1. The summed E-state index contributed by atoms with van der Waals surface area (Å²) < 4.78 is 79.8. The molecule has 0 unspecified atom stereocenters. The summed E-state index contributed by atoms with van der Waals surface area (Å²) in [5.74, 6) is -3.08. The van der Waals surface area contributed by atoms with E-state index in [4.69, 9.17) is 16.7 Å². The zero-order chi connectivity index (χ0) is 24.6. The molecule has 0 saturated heterocycles. The SMILES string of the molecule is CS(=O)(=O)N(CC(=O)O)C1CCC(c2cc(F)ccc2F)(S(=O)(=O)c2ccc(Cl)cc2)CC1. The fourth-order valence-corrected chi connectivity index (χ4v) is 7.76. The van der Waals surface area contributed by atoms with Gasteiger partial charge in [0.2, 0.25) is 10.0 Å². The summed E-state index contributed by atoms with van der Waals surface area (Å²) >= 11 is 5.87. The van der Waals surface area contributed by atoms with Gasteiger partial charge in [-0.05, 0) is 68.1 Å². The molecule has 1 saturated carbocycles. The van der Waals surface area contributed by atoms with E-state index in [1.165, 1.54) is 24.3 Å². The molecule has 2 aromatic rings. The predicted molar refractivity (Wildman–Crippen MR) is 118 cm³/mol. The van der Waals surface area contributed by atoms with Crippen molar-refractivity contribution in [3.63, 3.8) is 0 Å². The van der Waals surface area contributed by atoms with Crippen molar-refractivity contribution in [1.29, 1.82) is 0 Å². The van der Waals surface area contributed by atoms with Gasteiger partial charge in [0.1, 0.15) is 22.9 Å². The first-order valence-corrected chi connectivity index (χ1v) is 13.6. The van der Waals surface area contributed by atoms with E-state index in [0.717, 1.165) is 28.8 Å². The van der Waals surface area contributed by atoms with Gasteiger partial charge in [-0.2, -0.15) is 4.31 Å². The van der Waals surface area contributed by atoms with E-state index >= 15 is 0 Å². The van der Waals surface area contributed by atoms with Crippen LogP contribution in [-0.2, 0) is 29.4 Å². The van der Waals surface area contributed by atoms with Crippen molar-refractivity contribution < 1.29 is 35.5 Å². The second-order valence-corrected chi connectivity index (χ2v) is 12.6. The van der Waals surface area contributed by atoms with Crippen molar-refractivity contribution in [1.82, 2.24) is 4.31 Å². The third kappa shape index (κ3) is 5.06. The summed E-state index contributed by atoms with van der Waals surface area (Å²) in [6, 6.07) is 7.05. The molecule has 7 nitrogen and oxygen atoms in total. The Hall–Kier alpha value is -2.08. The minimum atomic E-state index is -4.29. The van der Waals surface area contributed by atoms with E-state index in [1.807, 2.05) is 0 Å². The molecule has 33 heavy (non-hydrogen) atoms. The Morgan fingerprint density at radius 1 is 1.09 bits per heavy atom. The highest BCUT2D eigenvalue weighted by atomic mass is 35.5. The van der Waals surface area contributed by atoms with Crippen LogP contribution in [0.4, 0.5) is 8.78 Å². The Labute approximate surface area is 196 Å². The fourth-order valence-electron chi connectivity index (χ4n) is 4.38. The van der Waals surface area contributed by atoms with E-state index in [2.05, 4.69) is 0 Å². The number of hydrogen-bond acceptors (Lipinski definition) is 5. The summed E-state index contributed by atoms with van der Waals surface area (Å²) in [7, 11) is -8.20. The molecule has 1 fully saturated rings. The lowest BCUT2D eigenvalue weighted by atomic mass is 9.80. The van der Waals surface area contributed by atoms with Crippen LogP contribution in [0, 0.1) is 11.6 Å². The van der Waals surface area contributed by atoms with Crippen LogP contribution in [0.1, 0.15) is 31.2 Å². The third-order valence-corrected chi connectivity index (χ3v) is 10.0. The van der Waals surface area contributed by atoms with Gasteiger partial charge in [0.25, 0.3) is 0 Å². The molecule has 0 bridgehead atoms. The lowest BCUT2D eigenvalue weighted by Gasteiger charge is -2.42. The summed E-state index contributed by atoms with van der Waals surface area (Å²) in [4.78, 5) is 11.1. The summed E-state index contributed by atoms with van der Waals surface area (Å²) in [6.07, 6.45) is 0.254. The van der Waals surface area contributed by atoms with Crippen LogP contribution < -0.4 is 0 Å². The van der Waals surface area contributed by atoms with E-state index < -0.39 is 54.8 Å². The minimum Gasteiger partial charge on any atom is -0.480 e. The number of sulfone groups is 1. The van der Waals surface area contributed by atoms with Crippen LogP contribution in [0.5, 0.6) is 0 Å². The minimum absolute atomic E-state index is 0.0663. The first kappa shape index (κ1) is 25.5. The number of halogens is 3. The van der Waals surface area contributed by atoms with Crippen LogP contribution in [0.2, 0.25) is 5.02 Å². The van der Waals surface area contributed by atoms with Crippen molar-refractivity contribution in [2.45, 2.75) is 41.4 Å². The number of aliphatic carboxylic acids is 1. The van der Waals surface area contributed by atoms with Gasteiger partial charge in [-0.1, -0.05) is 11.6 Å². The molecule has 0 atom stereocenters. The summed E-state index contributed by atoms with van der Waals surface area (Å²) in [6.45, 7) is -0.783. The Bertz CT molecular complexity index is 1260. The molecule has 0 aliphatic heterocycles. The van der Waals surface area contributed by atoms with E-state index in [1.54, 1.807) is 0 Å². The largest absolute Gasteiger partial charge is 0.480 e. The maximum atomic E-state index is 14.9. The molecule has 3 rings (SSSR count). The van der Waals surface area contributed by atoms with Crippen molar-refractivity contribution >= 4 is 37.4 Å².